The van der Waals surface area contributed by atoms with Crippen LogP contribution in [0.4, 0.5) is 35.5 Å². The van der Waals surface area contributed by atoms with Crippen LogP contribution in [0, 0.1) is 18.2 Å². The molecule has 2 aliphatic rings. The van der Waals surface area contributed by atoms with E-state index in [1.807, 2.05) is 0 Å². The quantitative estimate of drug-likeness (QED) is 0.140. The molecule has 50 heavy (non-hydrogen) atoms. The Bertz CT molecular complexity index is 1460. The molecule has 284 valence electrons. The number of hydrogen-bond acceptors (Lipinski definition) is 9. The summed E-state index contributed by atoms with van der Waals surface area (Å²) in [5.41, 5.74) is -3.73. The second kappa shape index (κ2) is 13.8. The van der Waals surface area contributed by atoms with Gasteiger partial charge in [-0.05, 0) is 57.4 Å². The summed E-state index contributed by atoms with van der Waals surface area (Å²) in [5, 5.41) is 69.3. The standard InChI is InChI=1S/C31H43F7N4O8/c1-17-15-21(32)7-8-22(17)23-28(45,46)24(41-13-11-40(12-14-41)19(3)43)29(47,48)31(49,50)42(23)25(44)39(6)18(2)20(9-10-27(33,34)35)16-26(4,5)30(36,37)38/h7-8,15-16,18,23-24,45-50H,9-14H2,1-6H3. The van der Waals surface area contributed by atoms with E-state index in [4.69, 9.17) is 0 Å². The van der Waals surface area contributed by atoms with E-state index in [1.165, 1.54) is 18.7 Å². The lowest BCUT2D eigenvalue weighted by Gasteiger charge is -2.61. The number of alkyl halides is 6. The first-order valence-corrected chi connectivity index (χ1v) is 15.5. The van der Waals surface area contributed by atoms with E-state index in [-0.39, 0.29) is 48.1 Å². The van der Waals surface area contributed by atoms with Gasteiger partial charge in [0.15, 0.2) is 0 Å². The lowest BCUT2D eigenvalue weighted by atomic mass is 9.77. The maximum absolute atomic E-state index is 14.2. The number of piperazine rings is 1. The van der Waals surface area contributed by atoms with Crippen LogP contribution in [0.5, 0.6) is 0 Å². The highest BCUT2D eigenvalue weighted by atomic mass is 19.4. The zero-order valence-corrected chi connectivity index (χ0v) is 28.2. The van der Waals surface area contributed by atoms with Gasteiger partial charge in [0.05, 0.1) is 11.5 Å². The average Bonchev–Trinajstić information content (AvgIpc) is 2.95. The minimum absolute atomic E-state index is 0.0771. The molecule has 0 aromatic heterocycles. The molecule has 6 N–H and O–H groups in total. The van der Waals surface area contributed by atoms with Crippen LogP contribution < -0.4 is 0 Å². The van der Waals surface area contributed by atoms with E-state index >= 15 is 0 Å². The minimum Gasteiger partial charge on any atom is -0.362 e. The molecular formula is C31H43F7N4O8. The molecule has 12 nitrogen and oxygen atoms in total. The molecule has 2 saturated heterocycles. The van der Waals surface area contributed by atoms with E-state index in [2.05, 4.69) is 0 Å². The molecule has 3 unspecified atom stereocenters. The van der Waals surface area contributed by atoms with Crippen molar-refractivity contribution in [2.45, 2.75) is 95.4 Å². The molecule has 0 spiro atoms. The second-order valence-electron chi connectivity index (χ2n) is 13.5. The molecule has 3 rings (SSSR count). The summed E-state index contributed by atoms with van der Waals surface area (Å²) in [6.45, 7) is 4.23. The largest absolute Gasteiger partial charge is 0.397 e. The number of likely N-dealkylation sites (N-methyl/N-ethyl adjacent to an activating group) is 1. The van der Waals surface area contributed by atoms with Gasteiger partial charge in [0.1, 0.15) is 17.9 Å². The number of halogens is 7. The molecule has 1 aromatic rings. The maximum Gasteiger partial charge on any atom is 0.397 e. The van der Waals surface area contributed by atoms with Crippen LogP contribution in [0.3, 0.4) is 0 Å². The van der Waals surface area contributed by atoms with Crippen LogP contribution in [0.15, 0.2) is 29.8 Å². The maximum atomic E-state index is 14.2. The van der Waals surface area contributed by atoms with Gasteiger partial charge in [0.2, 0.25) is 11.7 Å². The smallest absolute Gasteiger partial charge is 0.362 e. The molecule has 2 heterocycles. The van der Waals surface area contributed by atoms with Crippen molar-refractivity contribution < 1.29 is 71.0 Å². The number of amides is 3. The van der Waals surface area contributed by atoms with Crippen molar-refractivity contribution in [2.24, 2.45) is 5.41 Å². The number of aliphatic hydroxyl groups is 6. The van der Waals surface area contributed by atoms with Crippen LogP contribution in [0.2, 0.25) is 0 Å². The van der Waals surface area contributed by atoms with Crippen LogP contribution in [0.25, 0.3) is 0 Å². The highest BCUT2D eigenvalue weighted by molar-refractivity contribution is 5.77. The van der Waals surface area contributed by atoms with Gasteiger partial charge in [-0.25, -0.2) is 9.18 Å². The normalized spacial score (nSPS) is 23.9. The number of hydrogen-bond donors (Lipinski definition) is 6. The Morgan fingerprint density at radius 3 is 2.00 bits per heavy atom. The summed E-state index contributed by atoms with van der Waals surface area (Å²) in [5.74, 6) is -12.9. The summed E-state index contributed by atoms with van der Waals surface area (Å²) in [6.07, 6.45) is -11.9. The van der Waals surface area contributed by atoms with Crippen molar-refractivity contribution in [1.82, 2.24) is 19.6 Å². The number of rotatable bonds is 7. The first-order valence-electron chi connectivity index (χ1n) is 15.5. The predicted molar refractivity (Wildman–Crippen MR) is 161 cm³/mol. The Morgan fingerprint density at radius 1 is 1.00 bits per heavy atom. The van der Waals surface area contributed by atoms with Crippen LogP contribution in [-0.4, -0.2) is 137 Å². The van der Waals surface area contributed by atoms with E-state index < -0.39 is 83.6 Å². The number of piperidine rings is 1. The number of nitrogens with zero attached hydrogens (tertiary/aromatic N) is 4. The molecule has 0 bridgehead atoms. The van der Waals surface area contributed by atoms with Crippen molar-refractivity contribution in [2.75, 3.05) is 33.2 Å². The van der Waals surface area contributed by atoms with E-state index in [0.717, 1.165) is 37.1 Å². The van der Waals surface area contributed by atoms with E-state index in [1.54, 1.807) is 0 Å². The SMILES string of the molecule is CC(=O)N1CCN(C2C(O)(O)C(c3ccc(F)cc3C)N(C(=O)N(C)C(C)C(=CC(C)(C)C(F)(F)F)CCC(F)(F)F)C(O)(O)C2(O)O)CC1. The number of urea groups is 1. The van der Waals surface area contributed by atoms with E-state index in [0.29, 0.717) is 24.8 Å². The van der Waals surface area contributed by atoms with Crippen molar-refractivity contribution in [1.29, 1.82) is 0 Å². The monoisotopic (exact) mass is 732 g/mol. The molecule has 0 radical (unpaired) electrons. The Hall–Kier alpha value is -3.07. The van der Waals surface area contributed by atoms with Crippen LogP contribution in [-0.2, 0) is 4.79 Å². The zero-order valence-electron chi connectivity index (χ0n) is 28.2. The summed E-state index contributed by atoms with van der Waals surface area (Å²) < 4.78 is 95.5. The third-order valence-corrected chi connectivity index (χ3v) is 9.52. The highest BCUT2D eigenvalue weighted by Gasteiger charge is 2.74. The van der Waals surface area contributed by atoms with Gasteiger partial charge in [0.25, 0.3) is 5.79 Å². The Kier molecular flexibility index (Phi) is 11.4. The van der Waals surface area contributed by atoms with Crippen LogP contribution >= 0.6 is 0 Å². The molecular weight excluding hydrogens is 689 g/mol. The van der Waals surface area contributed by atoms with Crippen molar-refractivity contribution in [3.8, 4) is 0 Å². The van der Waals surface area contributed by atoms with Gasteiger partial charge in [0, 0.05) is 46.6 Å². The molecule has 2 aliphatic heterocycles. The van der Waals surface area contributed by atoms with Crippen molar-refractivity contribution in [3.63, 3.8) is 0 Å². The summed E-state index contributed by atoms with van der Waals surface area (Å²) in [4.78, 5) is 28.8. The van der Waals surface area contributed by atoms with Gasteiger partial charge in [-0.1, -0.05) is 17.7 Å². The third kappa shape index (κ3) is 7.88. The first-order chi connectivity index (χ1) is 22.5. The number of allylic oxidation sites excluding steroid dienone is 1. The van der Waals surface area contributed by atoms with Gasteiger partial charge in [-0.15, -0.1) is 0 Å². The Balaban J connectivity index is 2.22. The zero-order chi connectivity index (χ0) is 38.6. The van der Waals surface area contributed by atoms with Gasteiger partial charge < -0.3 is 40.4 Å². The molecule has 0 saturated carbocycles. The van der Waals surface area contributed by atoms with E-state index in [9.17, 15) is 71.0 Å². The highest BCUT2D eigenvalue weighted by Crippen LogP contribution is 2.51. The molecule has 0 aliphatic carbocycles. The van der Waals surface area contributed by atoms with Gasteiger partial charge in [-0.3, -0.25) is 14.6 Å². The molecule has 19 heteroatoms. The average molecular weight is 733 g/mol. The minimum atomic E-state index is -4.95. The number of likely N-dealkylation sites (tertiary alicyclic amines) is 1. The Labute approximate surface area is 283 Å². The Morgan fingerprint density at radius 2 is 1.54 bits per heavy atom. The van der Waals surface area contributed by atoms with Crippen molar-refractivity contribution in [3.05, 3.63) is 46.8 Å². The fourth-order valence-electron chi connectivity index (χ4n) is 6.37. The number of carbonyl (C=O) groups is 2. The third-order valence-electron chi connectivity index (χ3n) is 9.52. The number of carbonyl (C=O) groups excluding carboxylic acids is 2. The molecule has 3 amide bonds. The summed E-state index contributed by atoms with van der Waals surface area (Å²) in [7, 11) is 0.861. The second-order valence-corrected chi connectivity index (χ2v) is 13.5. The molecule has 3 atom stereocenters. The van der Waals surface area contributed by atoms with Crippen LogP contribution in [0.1, 0.15) is 57.7 Å². The number of aryl methyl sites for hydroxylation is 1. The fraction of sp³-hybridized carbons (Fsp3) is 0.677. The number of benzene rings is 1. The molecule has 2 fully saturated rings. The lowest BCUT2D eigenvalue weighted by Crippen LogP contribution is -2.85. The lowest BCUT2D eigenvalue weighted by molar-refractivity contribution is -0.482. The van der Waals surface area contributed by atoms with Gasteiger partial charge >= 0.3 is 24.3 Å². The van der Waals surface area contributed by atoms with Crippen molar-refractivity contribution >= 4 is 11.9 Å². The first kappa shape index (κ1) is 41.4. The van der Waals surface area contributed by atoms with Gasteiger partial charge in [-0.2, -0.15) is 26.3 Å². The summed E-state index contributed by atoms with van der Waals surface area (Å²) in [6, 6.07) is -5.57. The predicted octanol–water partition coefficient (Wildman–Crippen LogP) is 2.32. The molecule has 1 aromatic carbocycles. The summed E-state index contributed by atoms with van der Waals surface area (Å²) >= 11 is 0. The topological polar surface area (TPSA) is 168 Å². The fourth-order valence-corrected chi connectivity index (χ4v) is 6.37.